The summed E-state index contributed by atoms with van der Waals surface area (Å²) in [6, 6.07) is 11.1. The predicted octanol–water partition coefficient (Wildman–Crippen LogP) is 5.65. The summed E-state index contributed by atoms with van der Waals surface area (Å²) >= 11 is 23.9. The van der Waals surface area contributed by atoms with Gasteiger partial charge in [-0.2, -0.15) is 4.98 Å². The van der Waals surface area contributed by atoms with Crippen molar-refractivity contribution >= 4 is 46.4 Å². The first-order valence-electron chi connectivity index (χ1n) is 7.53. The number of nitrogens with zero attached hydrogens (tertiary/aromatic N) is 2. The maximum Gasteiger partial charge on any atom is 0.279 e. The first kappa shape index (κ1) is 17.7. The van der Waals surface area contributed by atoms with E-state index >= 15 is 0 Å². The second-order valence-electron chi connectivity index (χ2n) is 5.45. The van der Waals surface area contributed by atoms with Gasteiger partial charge >= 0.3 is 0 Å². The Bertz CT molecular complexity index is 969. The number of alkyl halides is 3. The van der Waals surface area contributed by atoms with E-state index in [9.17, 15) is 0 Å². The van der Waals surface area contributed by atoms with Crippen LogP contribution in [0, 0.1) is 0 Å². The van der Waals surface area contributed by atoms with E-state index in [2.05, 4.69) is 10.1 Å². The van der Waals surface area contributed by atoms with Gasteiger partial charge in [0, 0.05) is 11.1 Å². The fraction of sp³-hybridized carbons (Fsp3) is 0.176. The highest BCUT2D eigenvalue weighted by molar-refractivity contribution is 6.66. The fourth-order valence-electron chi connectivity index (χ4n) is 2.59. The number of ether oxygens (including phenoxy) is 2. The average molecular weight is 432 g/mol. The van der Waals surface area contributed by atoms with Crippen molar-refractivity contribution in [3.8, 4) is 34.0 Å². The third-order valence-corrected chi connectivity index (χ3v) is 4.65. The van der Waals surface area contributed by atoms with Crippen LogP contribution in [-0.2, 0) is 3.79 Å². The Morgan fingerprint density at radius 1 is 0.923 bits per heavy atom. The van der Waals surface area contributed by atoms with Gasteiger partial charge in [-0.3, -0.25) is 0 Å². The van der Waals surface area contributed by atoms with Crippen LogP contribution in [0.5, 0.6) is 11.5 Å². The fourth-order valence-corrected chi connectivity index (χ4v) is 3.14. The zero-order chi connectivity index (χ0) is 18.3. The van der Waals surface area contributed by atoms with Gasteiger partial charge in [0.05, 0.1) is 5.02 Å². The van der Waals surface area contributed by atoms with Crippen LogP contribution in [0.15, 0.2) is 40.9 Å². The first-order valence-corrected chi connectivity index (χ1v) is 9.04. The molecule has 9 heteroatoms. The molecule has 3 aromatic rings. The highest BCUT2D eigenvalue weighted by Crippen LogP contribution is 2.41. The molecular weight excluding hydrogens is 422 g/mol. The maximum absolute atomic E-state index is 6.59. The van der Waals surface area contributed by atoms with Crippen LogP contribution in [0.3, 0.4) is 0 Å². The number of benzene rings is 2. The molecular formula is C17H10Cl4N2O3. The topological polar surface area (TPSA) is 57.4 Å². The molecule has 0 bridgehead atoms. The van der Waals surface area contributed by atoms with Gasteiger partial charge in [-0.25, -0.2) is 0 Å². The Morgan fingerprint density at radius 3 is 2.38 bits per heavy atom. The molecule has 2 heterocycles. The third-order valence-electron chi connectivity index (χ3n) is 3.76. The van der Waals surface area contributed by atoms with Gasteiger partial charge in [-0.1, -0.05) is 69.8 Å². The van der Waals surface area contributed by atoms with Gasteiger partial charge in [0.25, 0.3) is 9.68 Å². The molecule has 0 spiro atoms. The zero-order valence-corrected chi connectivity index (χ0v) is 16.0. The normalized spacial score (nSPS) is 13.7. The molecule has 1 aliphatic rings. The Kier molecular flexibility index (Phi) is 4.65. The minimum Gasteiger partial charge on any atom is -0.486 e. The van der Waals surface area contributed by atoms with Crippen LogP contribution in [0.4, 0.5) is 0 Å². The summed E-state index contributed by atoms with van der Waals surface area (Å²) < 4.78 is 14.4. The van der Waals surface area contributed by atoms with E-state index in [0.717, 1.165) is 11.1 Å². The minimum atomic E-state index is -1.80. The molecule has 0 atom stereocenters. The van der Waals surface area contributed by atoms with E-state index < -0.39 is 3.79 Å². The summed E-state index contributed by atoms with van der Waals surface area (Å²) in [4.78, 5) is 4.11. The van der Waals surface area contributed by atoms with Crippen LogP contribution in [0.1, 0.15) is 5.89 Å². The summed E-state index contributed by atoms with van der Waals surface area (Å²) in [5, 5.41) is 4.30. The quantitative estimate of drug-likeness (QED) is 0.490. The van der Waals surface area contributed by atoms with E-state index in [0.29, 0.717) is 35.3 Å². The lowest BCUT2D eigenvalue weighted by Gasteiger charge is -2.19. The van der Waals surface area contributed by atoms with Gasteiger partial charge in [-0.15, -0.1) is 0 Å². The molecule has 0 aliphatic carbocycles. The standard InChI is InChI=1S/C17H10Cl4N2O3/c18-14-10(9-4-5-12-13(8-9)25-7-6-24-12)2-1-3-11(14)15-22-16(26-23-15)17(19,20)21/h1-5,8H,6-7H2. The van der Waals surface area contributed by atoms with E-state index in [-0.39, 0.29) is 11.7 Å². The van der Waals surface area contributed by atoms with E-state index in [1.165, 1.54) is 0 Å². The van der Waals surface area contributed by atoms with Crippen molar-refractivity contribution < 1.29 is 14.0 Å². The van der Waals surface area contributed by atoms with E-state index in [1.807, 2.05) is 30.3 Å². The molecule has 0 saturated heterocycles. The van der Waals surface area contributed by atoms with Crippen molar-refractivity contribution in [3.05, 3.63) is 47.3 Å². The summed E-state index contributed by atoms with van der Waals surface area (Å²) in [6.07, 6.45) is 0. The van der Waals surface area contributed by atoms with Crippen molar-refractivity contribution in [2.24, 2.45) is 0 Å². The van der Waals surface area contributed by atoms with Crippen LogP contribution in [0.25, 0.3) is 22.5 Å². The van der Waals surface area contributed by atoms with Gasteiger partial charge in [0.2, 0.25) is 5.82 Å². The molecule has 1 aromatic heterocycles. The van der Waals surface area contributed by atoms with Crippen molar-refractivity contribution in [2.45, 2.75) is 3.79 Å². The highest BCUT2D eigenvalue weighted by atomic mass is 35.6. The predicted molar refractivity (Wildman–Crippen MR) is 100 cm³/mol. The van der Waals surface area contributed by atoms with E-state index in [4.69, 9.17) is 60.4 Å². The first-order chi connectivity index (χ1) is 12.4. The summed E-state index contributed by atoms with van der Waals surface area (Å²) in [5.41, 5.74) is 2.20. The van der Waals surface area contributed by atoms with Crippen molar-refractivity contribution in [1.82, 2.24) is 10.1 Å². The molecule has 2 aromatic carbocycles. The minimum absolute atomic E-state index is 0.127. The Hall–Kier alpha value is -1.66. The lowest BCUT2D eigenvalue weighted by atomic mass is 10.0. The summed E-state index contributed by atoms with van der Waals surface area (Å²) in [6.45, 7) is 1.04. The Balaban J connectivity index is 1.76. The molecule has 5 nitrogen and oxygen atoms in total. The van der Waals surface area contributed by atoms with Crippen LogP contribution in [0.2, 0.25) is 5.02 Å². The largest absolute Gasteiger partial charge is 0.486 e. The smallest absolute Gasteiger partial charge is 0.279 e. The number of rotatable bonds is 2. The molecule has 0 N–H and O–H groups in total. The second-order valence-corrected chi connectivity index (χ2v) is 8.11. The molecule has 4 rings (SSSR count). The number of hydrogen-bond acceptors (Lipinski definition) is 5. The van der Waals surface area contributed by atoms with Crippen molar-refractivity contribution in [1.29, 1.82) is 0 Å². The Morgan fingerprint density at radius 2 is 1.65 bits per heavy atom. The van der Waals surface area contributed by atoms with Gasteiger partial charge in [-0.05, 0) is 23.8 Å². The van der Waals surface area contributed by atoms with Crippen LogP contribution in [-0.4, -0.2) is 23.4 Å². The highest BCUT2D eigenvalue weighted by Gasteiger charge is 2.31. The molecule has 0 amide bonds. The molecule has 0 radical (unpaired) electrons. The molecule has 1 aliphatic heterocycles. The number of fused-ring (bicyclic) bond motifs is 1. The van der Waals surface area contributed by atoms with Gasteiger partial charge in [0.1, 0.15) is 13.2 Å². The number of halogens is 4. The molecule has 0 saturated carbocycles. The van der Waals surface area contributed by atoms with Crippen molar-refractivity contribution in [3.63, 3.8) is 0 Å². The Labute approximate surface area is 168 Å². The number of hydrogen-bond donors (Lipinski definition) is 0. The molecule has 0 fully saturated rings. The summed E-state index contributed by atoms with van der Waals surface area (Å²) in [7, 11) is 0. The molecule has 0 unspecified atom stereocenters. The molecule has 134 valence electrons. The zero-order valence-electron chi connectivity index (χ0n) is 13.0. The third kappa shape index (κ3) is 3.32. The monoisotopic (exact) mass is 430 g/mol. The van der Waals surface area contributed by atoms with E-state index in [1.54, 1.807) is 6.07 Å². The van der Waals surface area contributed by atoms with Crippen LogP contribution < -0.4 is 9.47 Å². The maximum atomic E-state index is 6.59. The van der Waals surface area contributed by atoms with Gasteiger partial charge in [0.15, 0.2) is 11.5 Å². The number of aromatic nitrogens is 2. The van der Waals surface area contributed by atoms with Crippen LogP contribution >= 0.6 is 46.4 Å². The van der Waals surface area contributed by atoms with Gasteiger partial charge < -0.3 is 14.0 Å². The average Bonchev–Trinajstić information content (AvgIpc) is 3.12. The lowest BCUT2D eigenvalue weighted by Crippen LogP contribution is -2.15. The lowest BCUT2D eigenvalue weighted by molar-refractivity contribution is 0.171. The second kappa shape index (κ2) is 6.82. The SMILES string of the molecule is Clc1c(-c2ccc3c(c2)OCCO3)cccc1-c1noc(C(Cl)(Cl)Cl)n1. The molecule has 26 heavy (non-hydrogen) atoms. The van der Waals surface area contributed by atoms with Crippen molar-refractivity contribution in [2.75, 3.05) is 13.2 Å². The summed E-state index contributed by atoms with van der Waals surface area (Å²) in [5.74, 6) is 1.49.